The number of benzene rings is 1. The zero-order valence-corrected chi connectivity index (χ0v) is 13.9. The number of hydrogen-bond acceptors (Lipinski definition) is 3. The molecule has 1 atom stereocenters. The molecule has 3 nitrogen and oxygen atoms in total. The van der Waals surface area contributed by atoms with Crippen LogP contribution >= 0.6 is 0 Å². The number of hydrogen-bond donors (Lipinski definition) is 1. The van der Waals surface area contributed by atoms with Crippen LogP contribution in [0.5, 0.6) is 11.5 Å². The summed E-state index contributed by atoms with van der Waals surface area (Å²) in [5.41, 5.74) is 0. The Morgan fingerprint density at radius 1 is 1.16 bits per heavy atom. The smallest absolute Gasteiger partial charge is 0.250 e. The third-order valence-electron chi connectivity index (χ3n) is 3.50. The van der Waals surface area contributed by atoms with E-state index in [1.54, 1.807) is 6.92 Å². The summed E-state index contributed by atoms with van der Waals surface area (Å²) in [5.74, 6) is 1.47. The van der Waals surface area contributed by atoms with E-state index in [4.69, 9.17) is 9.16 Å². The molecule has 0 fully saturated rings. The molecule has 1 N–H and O–H groups in total. The lowest BCUT2D eigenvalue weighted by molar-refractivity contribution is 0.121. The number of ether oxygens (including phenoxy) is 1. The minimum absolute atomic E-state index is 0.143. The standard InChI is InChI=1S/C15H26O3Si/c1-12(16)11-17-13-9-7-8-10-14(13)18-19(5,6)15(2,3)4/h7-10,12,16H,11H2,1-6H3/t12-/m1/s1. The first-order valence-electron chi connectivity index (χ1n) is 6.72. The van der Waals surface area contributed by atoms with E-state index in [1.807, 2.05) is 24.3 Å². The van der Waals surface area contributed by atoms with Crippen molar-refractivity contribution in [3.63, 3.8) is 0 Å². The summed E-state index contributed by atoms with van der Waals surface area (Å²) in [5, 5.41) is 9.45. The van der Waals surface area contributed by atoms with E-state index < -0.39 is 14.4 Å². The van der Waals surface area contributed by atoms with Gasteiger partial charge in [-0.3, -0.25) is 0 Å². The molecule has 108 valence electrons. The number of aliphatic hydroxyl groups excluding tert-OH is 1. The second-order valence-corrected chi connectivity index (χ2v) is 11.2. The maximum atomic E-state index is 9.31. The summed E-state index contributed by atoms with van der Waals surface area (Å²) in [6.07, 6.45) is -0.485. The molecule has 0 unspecified atom stereocenters. The van der Waals surface area contributed by atoms with Crippen molar-refractivity contribution in [1.29, 1.82) is 0 Å². The van der Waals surface area contributed by atoms with Crippen LogP contribution in [0.2, 0.25) is 18.1 Å². The van der Waals surface area contributed by atoms with Crippen molar-refractivity contribution < 1.29 is 14.3 Å². The van der Waals surface area contributed by atoms with Gasteiger partial charge in [0.25, 0.3) is 8.32 Å². The van der Waals surface area contributed by atoms with E-state index in [0.29, 0.717) is 5.75 Å². The molecule has 1 aromatic rings. The first-order valence-corrected chi connectivity index (χ1v) is 9.63. The van der Waals surface area contributed by atoms with Gasteiger partial charge in [0.2, 0.25) is 0 Å². The lowest BCUT2D eigenvalue weighted by Crippen LogP contribution is -2.43. The average Bonchev–Trinajstić information content (AvgIpc) is 2.25. The van der Waals surface area contributed by atoms with Gasteiger partial charge in [0.15, 0.2) is 5.75 Å². The van der Waals surface area contributed by atoms with Crippen LogP contribution in [-0.2, 0) is 0 Å². The highest BCUT2D eigenvalue weighted by Crippen LogP contribution is 2.39. The first-order chi connectivity index (χ1) is 8.63. The Labute approximate surface area is 117 Å². The molecule has 1 aromatic carbocycles. The summed E-state index contributed by atoms with van der Waals surface area (Å²) in [6.45, 7) is 13.0. The highest BCUT2D eigenvalue weighted by atomic mass is 28.4. The van der Waals surface area contributed by atoms with E-state index >= 15 is 0 Å². The van der Waals surface area contributed by atoms with Gasteiger partial charge in [-0.1, -0.05) is 32.9 Å². The molecule has 1 rings (SSSR count). The lowest BCUT2D eigenvalue weighted by Gasteiger charge is -2.36. The summed E-state index contributed by atoms with van der Waals surface area (Å²) < 4.78 is 11.9. The normalized spacial score (nSPS) is 14.1. The molecule has 0 spiro atoms. The Balaban J connectivity index is 2.89. The van der Waals surface area contributed by atoms with Gasteiger partial charge in [-0.15, -0.1) is 0 Å². The molecule has 0 saturated carbocycles. The minimum Gasteiger partial charge on any atom is -0.541 e. The van der Waals surface area contributed by atoms with Crippen LogP contribution in [0.15, 0.2) is 24.3 Å². The molecule has 0 bridgehead atoms. The maximum Gasteiger partial charge on any atom is 0.250 e. The highest BCUT2D eigenvalue weighted by molar-refractivity contribution is 6.74. The summed E-state index contributed by atoms with van der Waals surface area (Å²) >= 11 is 0. The van der Waals surface area contributed by atoms with Gasteiger partial charge in [0, 0.05) is 0 Å². The summed E-state index contributed by atoms with van der Waals surface area (Å²) in [6, 6.07) is 7.66. The molecule has 0 heterocycles. The Kier molecular flexibility index (Phi) is 5.04. The maximum absolute atomic E-state index is 9.31. The van der Waals surface area contributed by atoms with Crippen molar-refractivity contribution in [2.24, 2.45) is 0 Å². The highest BCUT2D eigenvalue weighted by Gasteiger charge is 2.39. The summed E-state index contributed by atoms with van der Waals surface area (Å²) in [4.78, 5) is 0. The molecule has 0 aliphatic rings. The first kappa shape index (κ1) is 16.1. The minimum atomic E-state index is -1.88. The van der Waals surface area contributed by atoms with E-state index in [1.165, 1.54) is 0 Å². The molecular weight excluding hydrogens is 256 g/mol. The second kappa shape index (κ2) is 5.97. The van der Waals surface area contributed by atoms with Crippen molar-refractivity contribution in [3.8, 4) is 11.5 Å². The predicted molar refractivity (Wildman–Crippen MR) is 81.4 cm³/mol. The molecule has 19 heavy (non-hydrogen) atoms. The van der Waals surface area contributed by atoms with E-state index in [9.17, 15) is 5.11 Å². The number of rotatable bonds is 5. The SMILES string of the molecule is C[C@@H](O)COc1ccccc1O[Si](C)(C)C(C)(C)C. The molecule has 0 aromatic heterocycles. The lowest BCUT2D eigenvalue weighted by atomic mass is 10.2. The van der Waals surface area contributed by atoms with Gasteiger partial charge in [0.05, 0.1) is 6.10 Å². The molecule has 4 heteroatoms. The van der Waals surface area contributed by atoms with Crippen molar-refractivity contribution in [2.45, 2.75) is 51.9 Å². The number of aliphatic hydroxyl groups is 1. The zero-order valence-electron chi connectivity index (χ0n) is 12.9. The van der Waals surface area contributed by atoms with Gasteiger partial charge in [-0.05, 0) is 37.2 Å². The van der Waals surface area contributed by atoms with Crippen molar-refractivity contribution in [3.05, 3.63) is 24.3 Å². The Morgan fingerprint density at radius 2 is 1.68 bits per heavy atom. The average molecular weight is 282 g/mol. The van der Waals surface area contributed by atoms with Crippen molar-refractivity contribution >= 4 is 8.32 Å². The molecular formula is C15H26O3Si. The third-order valence-corrected chi connectivity index (χ3v) is 7.84. The van der Waals surface area contributed by atoms with Crippen molar-refractivity contribution in [1.82, 2.24) is 0 Å². The predicted octanol–water partition coefficient (Wildman–Crippen LogP) is 3.83. The van der Waals surface area contributed by atoms with E-state index in [0.717, 1.165) is 5.75 Å². The third kappa shape index (κ3) is 4.55. The molecule has 0 amide bonds. The van der Waals surface area contributed by atoms with Crippen LogP contribution in [-0.4, -0.2) is 26.1 Å². The van der Waals surface area contributed by atoms with Gasteiger partial charge >= 0.3 is 0 Å². The fraction of sp³-hybridized carbons (Fsp3) is 0.600. The van der Waals surface area contributed by atoms with Crippen LogP contribution in [0.4, 0.5) is 0 Å². The molecule has 0 radical (unpaired) electrons. The second-order valence-electron chi connectivity index (χ2n) is 6.47. The largest absolute Gasteiger partial charge is 0.541 e. The summed E-state index contributed by atoms with van der Waals surface area (Å²) in [7, 11) is -1.88. The van der Waals surface area contributed by atoms with E-state index in [-0.39, 0.29) is 11.6 Å². The van der Waals surface area contributed by atoms with Gasteiger partial charge in [-0.2, -0.15) is 0 Å². The Hall–Kier alpha value is -1.00. The van der Waals surface area contributed by atoms with Crippen LogP contribution < -0.4 is 9.16 Å². The van der Waals surface area contributed by atoms with Crippen LogP contribution in [0.1, 0.15) is 27.7 Å². The van der Waals surface area contributed by atoms with Gasteiger partial charge < -0.3 is 14.3 Å². The monoisotopic (exact) mass is 282 g/mol. The van der Waals surface area contributed by atoms with Crippen LogP contribution in [0.25, 0.3) is 0 Å². The molecule has 0 aliphatic carbocycles. The van der Waals surface area contributed by atoms with Gasteiger partial charge in [0.1, 0.15) is 12.4 Å². The van der Waals surface area contributed by atoms with Gasteiger partial charge in [-0.25, -0.2) is 0 Å². The Bertz CT molecular complexity index is 408. The topological polar surface area (TPSA) is 38.7 Å². The van der Waals surface area contributed by atoms with Crippen molar-refractivity contribution in [2.75, 3.05) is 6.61 Å². The fourth-order valence-electron chi connectivity index (χ4n) is 1.29. The zero-order chi connectivity index (χ0) is 14.7. The fourth-order valence-corrected chi connectivity index (χ4v) is 2.32. The van der Waals surface area contributed by atoms with Crippen LogP contribution in [0.3, 0.4) is 0 Å². The molecule has 0 saturated heterocycles. The number of para-hydroxylation sites is 2. The van der Waals surface area contributed by atoms with E-state index in [2.05, 4.69) is 33.9 Å². The quantitative estimate of drug-likeness (QED) is 0.834. The van der Waals surface area contributed by atoms with Crippen LogP contribution in [0, 0.1) is 0 Å². The Morgan fingerprint density at radius 3 is 2.16 bits per heavy atom. The molecule has 0 aliphatic heterocycles.